The van der Waals surface area contributed by atoms with E-state index in [4.69, 9.17) is 0 Å². The van der Waals surface area contributed by atoms with Gasteiger partial charge >= 0.3 is 0 Å². The fraction of sp³-hybridized carbons (Fsp3) is 0. The van der Waals surface area contributed by atoms with Gasteiger partial charge in [0.1, 0.15) is 11.5 Å². The van der Waals surface area contributed by atoms with Crippen LogP contribution in [0.3, 0.4) is 0 Å². The number of aromatic hydroxyl groups is 2. The Morgan fingerprint density at radius 3 is 2.25 bits per heavy atom. The van der Waals surface area contributed by atoms with Crippen molar-refractivity contribution in [2.75, 3.05) is 0 Å². The van der Waals surface area contributed by atoms with Crippen molar-refractivity contribution in [1.82, 2.24) is 0 Å². The number of rotatable bonds is 2. The number of hydrogen-bond acceptors (Lipinski definition) is 2. The summed E-state index contributed by atoms with van der Waals surface area (Å²) in [4.78, 5) is 0. The second kappa shape index (κ2) is 4.74. The Morgan fingerprint density at radius 2 is 1.55 bits per heavy atom. The maximum atomic E-state index is 9.65. The Hall–Kier alpha value is -2.74. The van der Waals surface area contributed by atoms with Crippen LogP contribution in [-0.2, 0) is 0 Å². The van der Waals surface area contributed by atoms with Crippen LogP contribution < -0.4 is 0 Å². The molecule has 3 aromatic rings. The van der Waals surface area contributed by atoms with E-state index in [0.717, 1.165) is 27.5 Å². The van der Waals surface area contributed by atoms with Crippen molar-refractivity contribution in [3.8, 4) is 22.6 Å². The zero-order valence-corrected chi connectivity index (χ0v) is 10.9. The molecule has 3 rings (SSSR count). The third-order valence-electron chi connectivity index (χ3n) is 3.39. The smallest absolute Gasteiger partial charge is 0.119 e. The Kier molecular flexibility index (Phi) is 2.92. The molecule has 0 saturated heterocycles. The first kappa shape index (κ1) is 12.3. The third-order valence-corrected chi connectivity index (χ3v) is 3.39. The summed E-state index contributed by atoms with van der Waals surface area (Å²) in [5.74, 6) is 0.0892. The molecule has 0 atom stereocenters. The Morgan fingerprint density at radius 1 is 0.850 bits per heavy atom. The number of hydrogen-bond donors (Lipinski definition) is 2. The summed E-state index contributed by atoms with van der Waals surface area (Å²) in [6.45, 7) is 3.89. The number of fused-ring (bicyclic) bond motifs is 1. The molecule has 0 amide bonds. The molecule has 2 N–H and O–H groups in total. The van der Waals surface area contributed by atoms with Gasteiger partial charge in [-0.15, -0.1) is 0 Å². The first-order valence-corrected chi connectivity index (χ1v) is 6.36. The highest BCUT2D eigenvalue weighted by atomic mass is 16.3. The van der Waals surface area contributed by atoms with E-state index in [1.807, 2.05) is 36.4 Å². The lowest BCUT2D eigenvalue weighted by atomic mass is 9.94. The van der Waals surface area contributed by atoms with Gasteiger partial charge in [-0.2, -0.15) is 0 Å². The standard InChI is InChI=1S/C18H14O2/c1-2-16-17-6-4-3-5-12(17)7-8-18(16)13-9-14(19)11-15(20)10-13/h2-11,19-20H,1H2. The van der Waals surface area contributed by atoms with Gasteiger partial charge in [-0.05, 0) is 39.6 Å². The van der Waals surface area contributed by atoms with E-state index >= 15 is 0 Å². The molecule has 98 valence electrons. The SMILES string of the molecule is C=Cc1c(-c2cc(O)cc(O)c2)ccc2ccccc12. The number of phenolic OH excluding ortho intramolecular Hbond substituents is 2. The van der Waals surface area contributed by atoms with Gasteiger partial charge in [-0.25, -0.2) is 0 Å². The lowest BCUT2D eigenvalue weighted by Crippen LogP contribution is -1.86. The summed E-state index contributed by atoms with van der Waals surface area (Å²) in [6.07, 6.45) is 1.80. The van der Waals surface area contributed by atoms with E-state index in [1.54, 1.807) is 18.2 Å². The molecule has 2 heteroatoms. The molecule has 0 aliphatic heterocycles. The summed E-state index contributed by atoms with van der Waals surface area (Å²) in [5, 5.41) is 21.5. The van der Waals surface area contributed by atoms with E-state index < -0.39 is 0 Å². The predicted molar refractivity (Wildman–Crippen MR) is 82.8 cm³/mol. The van der Waals surface area contributed by atoms with Crippen LogP contribution in [0.1, 0.15) is 5.56 Å². The van der Waals surface area contributed by atoms with Crippen LogP contribution in [0.4, 0.5) is 0 Å². The zero-order valence-electron chi connectivity index (χ0n) is 10.9. The fourth-order valence-corrected chi connectivity index (χ4v) is 2.52. The van der Waals surface area contributed by atoms with Gasteiger partial charge in [-0.3, -0.25) is 0 Å². The van der Waals surface area contributed by atoms with Gasteiger partial charge in [0, 0.05) is 6.07 Å². The molecule has 0 radical (unpaired) electrons. The summed E-state index contributed by atoms with van der Waals surface area (Å²) in [7, 11) is 0. The maximum absolute atomic E-state index is 9.65. The maximum Gasteiger partial charge on any atom is 0.119 e. The van der Waals surface area contributed by atoms with Crippen LogP contribution in [0, 0.1) is 0 Å². The van der Waals surface area contributed by atoms with Crippen molar-refractivity contribution < 1.29 is 10.2 Å². The van der Waals surface area contributed by atoms with Gasteiger partial charge in [0.2, 0.25) is 0 Å². The Bertz CT molecular complexity index is 783. The second-order valence-electron chi connectivity index (χ2n) is 4.69. The number of benzene rings is 3. The van der Waals surface area contributed by atoms with E-state index in [9.17, 15) is 10.2 Å². The highest BCUT2D eigenvalue weighted by molar-refractivity contribution is 5.97. The van der Waals surface area contributed by atoms with Crippen LogP contribution in [-0.4, -0.2) is 10.2 Å². The van der Waals surface area contributed by atoms with Gasteiger partial charge in [0.05, 0.1) is 0 Å². The average molecular weight is 262 g/mol. The first-order valence-electron chi connectivity index (χ1n) is 6.36. The molecule has 20 heavy (non-hydrogen) atoms. The molecule has 0 bridgehead atoms. The highest BCUT2D eigenvalue weighted by Crippen LogP contribution is 2.34. The molecule has 0 aromatic heterocycles. The molecule has 0 heterocycles. The van der Waals surface area contributed by atoms with Crippen molar-refractivity contribution in [2.24, 2.45) is 0 Å². The second-order valence-corrected chi connectivity index (χ2v) is 4.69. The van der Waals surface area contributed by atoms with Gasteiger partial charge in [0.15, 0.2) is 0 Å². The van der Waals surface area contributed by atoms with Gasteiger partial charge in [-0.1, -0.05) is 49.1 Å². The minimum absolute atomic E-state index is 0.0446. The molecule has 2 nitrogen and oxygen atoms in total. The van der Waals surface area contributed by atoms with Crippen LogP contribution >= 0.6 is 0 Å². The quantitative estimate of drug-likeness (QED) is 0.710. The molecule has 0 spiro atoms. The molecule has 0 aliphatic carbocycles. The van der Waals surface area contributed by atoms with Crippen LogP contribution in [0.25, 0.3) is 28.0 Å². The Balaban J connectivity index is 2.33. The van der Waals surface area contributed by atoms with Crippen molar-refractivity contribution >= 4 is 16.8 Å². The largest absolute Gasteiger partial charge is 0.508 e. The fourth-order valence-electron chi connectivity index (χ4n) is 2.52. The predicted octanol–water partition coefficient (Wildman–Crippen LogP) is 4.56. The number of phenols is 2. The van der Waals surface area contributed by atoms with Crippen LogP contribution in [0.5, 0.6) is 11.5 Å². The molecular formula is C18H14O2. The van der Waals surface area contributed by atoms with Crippen molar-refractivity contribution in [1.29, 1.82) is 0 Å². The highest BCUT2D eigenvalue weighted by Gasteiger charge is 2.08. The summed E-state index contributed by atoms with van der Waals surface area (Å²) in [6, 6.07) is 16.7. The summed E-state index contributed by atoms with van der Waals surface area (Å²) >= 11 is 0. The molecule has 0 aliphatic rings. The third kappa shape index (κ3) is 2.01. The molecule has 0 saturated carbocycles. The molecule has 3 aromatic carbocycles. The first-order chi connectivity index (χ1) is 9.69. The topological polar surface area (TPSA) is 40.5 Å². The van der Waals surface area contributed by atoms with Gasteiger partial charge < -0.3 is 10.2 Å². The monoisotopic (exact) mass is 262 g/mol. The average Bonchev–Trinajstić information content (AvgIpc) is 2.45. The zero-order chi connectivity index (χ0) is 14.1. The van der Waals surface area contributed by atoms with Gasteiger partial charge in [0.25, 0.3) is 0 Å². The van der Waals surface area contributed by atoms with Crippen LogP contribution in [0.2, 0.25) is 0 Å². The van der Waals surface area contributed by atoms with Crippen molar-refractivity contribution in [3.63, 3.8) is 0 Å². The Labute approximate surface area is 117 Å². The van der Waals surface area contributed by atoms with Crippen molar-refractivity contribution in [2.45, 2.75) is 0 Å². The van der Waals surface area contributed by atoms with E-state index in [1.165, 1.54) is 6.07 Å². The molecular weight excluding hydrogens is 248 g/mol. The van der Waals surface area contributed by atoms with Crippen molar-refractivity contribution in [3.05, 3.63) is 66.7 Å². The lowest BCUT2D eigenvalue weighted by molar-refractivity contribution is 0.451. The minimum atomic E-state index is 0.0446. The molecule has 0 unspecified atom stereocenters. The normalized spacial score (nSPS) is 10.6. The van der Waals surface area contributed by atoms with E-state index in [0.29, 0.717) is 0 Å². The van der Waals surface area contributed by atoms with E-state index in [2.05, 4.69) is 6.58 Å². The summed E-state index contributed by atoms with van der Waals surface area (Å²) in [5.41, 5.74) is 2.70. The summed E-state index contributed by atoms with van der Waals surface area (Å²) < 4.78 is 0. The van der Waals surface area contributed by atoms with Crippen LogP contribution in [0.15, 0.2) is 61.2 Å². The lowest BCUT2D eigenvalue weighted by Gasteiger charge is -2.11. The minimum Gasteiger partial charge on any atom is -0.508 e. The molecule has 0 fully saturated rings. The van der Waals surface area contributed by atoms with E-state index in [-0.39, 0.29) is 11.5 Å².